The lowest BCUT2D eigenvalue weighted by Crippen LogP contribution is -2.12. The molecule has 0 radical (unpaired) electrons. The molecule has 10 heteroatoms. The lowest BCUT2D eigenvalue weighted by molar-refractivity contribution is 0.290. The summed E-state index contributed by atoms with van der Waals surface area (Å²) >= 11 is 8.95. The van der Waals surface area contributed by atoms with Gasteiger partial charge in [-0.3, -0.25) is 9.20 Å². The van der Waals surface area contributed by atoms with E-state index in [1.807, 2.05) is 42.1 Å². The van der Waals surface area contributed by atoms with Gasteiger partial charge >= 0.3 is 0 Å². The number of aryl methyl sites for hydroxylation is 1. The molecule has 0 aliphatic carbocycles. The van der Waals surface area contributed by atoms with Gasteiger partial charge in [-0.25, -0.2) is 4.98 Å². The molecule has 0 unspecified atom stereocenters. The Labute approximate surface area is 174 Å². The minimum absolute atomic E-state index is 0.0767. The SMILES string of the molecule is Cc1cc(OCc2nnc(SCc3cc(=O)n4ccsc4n3)n2C)ccc1Cl. The fourth-order valence-electron chi connectivity index (χ4n) is 2.55. The molecule has 3 heterocycles. The minimum Gasteiger partial charge on any atom is -0.486 e. The van der Waals surface area contributed by atoms with Gasteiger partial charge in [0.2, 0.25) is 0 Å². The van der Waals surface area contributed by atoms with Crippen LogP contribution in [0.4, 0.5) is 0 Å². The topological polar surface area (TPSA) is 74.3 Å². The molecule has 0 spiro atoms. The van der Waals surface area contributed by atoms with E-state index in [-0.39, 0.29) is 5.56 Å². The zero-order valence-electron chi connectivity index (χ0n) is 15.1. The zero-order valence-corrected chi connectivity index (χ0v) is 17.5. The monoisotopic (exact) mass is 433 g/mol. The maximum atomic E-state index is 12.1. The molecule has 0 saturated carbocycles. The van der Waals surface area contributed by atoms with Crippen LogP contribution in [-0.4, -0.2) is 24.1 Å². The van der Waals surface area contributed by atoms with E-state index in [2.05, 4.69) is 15.2 Å². The lowest BCUT2D eigenvalue weighted by atomic mass is 10.2. The van der Waals surface area contributed by atoms with Crippen molar-refractivity contribution >= 4 is 39.7 Å². The summed E-state index contributed by atoms with van der Waals surface area (Å²) < 4.78 is 9.21. The lowest BCUT2D eigenvalue weighted by Gasteiger charge is -2.08. The Hall–Kier alpha value is -2.36. The second kappa shape index (κ2) is 7.94. The van der Waals surface area contributed by atoms with Gasteiger partial charge in [-0.05, 0) is 30.7 Å². The average molecular weight is 434 g/mol. The molecule has 28 heavy (non-hydrogen) atoms. The number of aromatic nitrogens is 5. The highest BCUT2D eigenvalue weighted by Crippen LogP contribution is 2.23. The van der Waals surface area contributed by atoms with Gasteiger partial charge in [0.05, 0.1) is 5.69 Å². The molecule has 0 amide bonds. The molecule has 0 fully saturated rings. The number of fused-ring (bicyclic) bond motifs is 1. The molecule has 7 nitrogen and oxygen atoms in total. The summed E-state index contributed by atoms with van der Waals surface area (Å²) in [5, 5.41) is 11.7. The number of thiazole rings is 1. The fraction of sp³-hybridized carbons (Fsp3) is 0.222. The van der Waals surface area contributed by atoms with Crippen molar-refractivity contribution in [3.8, 4) is 5.75 Å². The van der Waals surface area contributed by atoms with E-state index in [1.165, 1.54) is 27.5 Å². The fourth-order valence-corrected chi connectivity index (χ4v) is 4.23. The van der Waals surface area contributed by atoms with Crippen molar-refractivity contribution < 1.29 is 4.74 Å². The van der Waals surface area contributed by atoms with E-state index in [1.54, 1.807) is 12.3 Å². The van der Waals surface area contributed by atoms with E-state index in [4.69, 9.17) is 16.3 Å². The van der Waals surface area contributed by atoms with Gasteiger partial charge in [0.25, 0.3) is 5.56 Å². The maximum absolute atomic E-state index is 12.1. The first-order chi connectivity index (χ1) is 13.5. The number of thioether (sulfide) groups is 1. The van der Waals surface area contributed by atoms with Gasteiger partial charge in [0.15, 0.2) is 15.9 Å². The summed E-state index contributed by atoms with van der Waals surface area (Å²) in [5.74, 6) is 1.97. The Bertz CT molecular complexity index is 1200. The Morgan fingerprint density at radius 3 is 2.96 bits per heavy atom. The van der Waals surface area contributed by atoms with Gasteiger partial charge < -0.3 is 9.30 Å². The Kier molecular flexibility index (Phi) is 5.38. The molecule has 1 aromatic carbocycles. The number of rotatable bonds is 6. The minimum atomic E-state index is -0.0767. The highest BCUT2D eigenvalue weighted by Gasteiger charge is 2.12. The van der Waals surface area contributed by atoms with E-state index >= 15 is 0 Å². The van der Waals surface area contributed by atoms with Gasteiger partial charge in [-0.1, -0.05) is 23.4 Å². The van der Waals surface area contributed by atoms with Gasteiger partial charge in [-0.2, -0.15) is 0 Å². The largest absolute Gasteiger partial charge is 0.486 e. The second-order valence-electron chi connectivity index (χ2n) is 6.09. The molecule has 3 aromatic heterocycles. The van der Waals surface area contributed by atoms with E-state index in [9.17, 15) is 4.79 Å². The summed E-state index contributed by atoms with van der Waals surface area (Å²) in [7, 11) is 1.89. The van der Waals surface area contributed by atoms with Crippen LogP contribution < -0.4 is 10.3 Å². The number of hydrogen-bond donors (Lipinski definition) is 0. The van der Waals surface area contributed by atoms with Crippen LogP contribution in [0.1, 0.15) is 17.1 Å². The molecular formula is C18H16ClN5O2S2. The third-order valence-corrected chi connectivity index (χ3v) is 6.36. The molecule has 144 valence electrons. The average Bonchev–Trinajstić information content (AvgIpc) is 3.28. The number of halogens is 1. The second-order valence-corrected chi connectivity index (χ2v) is 8.31. The van der Waals surface area contributed by atoms with Crippen LogP contribution >= 0.6 is 34.7 Å². The molecule has 0 atom stereocenters. The van der Waals surface area contributed by atoms with Crippen molar-refractivity contribution in [3.63, 3.8) is 0 Å². The van der Waals surface area contributed by atoms with Crippen LogP contribution in [0, 0.1) is 6.92 Å². The number of hydrogen-bond acceptors (Lipinski definition) is 7. The summed E-state index contributed by atoms with van der Waals surface area (Å²) in [6.45, 7) is 2.23. The van der Waals surface area contributed by atoms with Crippen LogP contribution in [0.2, 0.25) is 5.02 Å². The quantitative estimate of drug-likeness (QED) is 0.431. The first kappa shape index (κ1) is 19.0. The molecule has 4 rings (SSSR count). The molecule has 0 saturated heterocycles. The first-order valence-corrected chi connectivity index (χ1v) is 10.6. The summed E-state index contributed by atoms with van der Waals surface area (Å²) in [6.07, 6.45) is 1.73. The Morgan fingerprint density at radius 1 is 1.29 bits per heavy atom. The zero-order chi connectivity index (χ0) is 19.7. The molecular weight excluding hydrogens is 418 g/mol. The Morgan fingerprint density at radius 2 is 2.14 bits per heavy atom. The van der Waals surface area contributed by atoms with Crippen LogP contribution in [0.3, 0.4) is 0 Å². The van der Waals surface area contributed by atoms with Crippen molar-refractivity contribution in [1.29, 1.82) is 0 Å². The highest BCUT2D eigenvalue weighted by molar-refractivity contribution is 7.98. The van der Waals surface area contributed by atoms with E-state index in [0.717, 1.165) is 22.2 Å². The smallest absolute Gasteiger partial charge is 0.258 e. The van der Waals surface area contributed by atoms with Gasteiger partial charge in [0, 0.05) is 35.5 Å². The molecule has 0 aliphatic rings. The normalized spacial score (nSPS) is 11.2. The van der Waals surface area contributed by atoms with Crippen molar-refractivity contribution in [3.05, 3.63) is 68.3 Å². The van der Waals surface area contributed by atoms with Crippen LogP contribution in [0.25, 0.3) is 4.96 Å². The van der Waals surface area contributed by atoms with Crippen molar-refractivity contribution in [2.24, 2.45) is 7.05 Å². The van der Waals surface area contributed by atoms with Crippen molar-refractivity contribution in [1.82, 2.24) is 24.1 Å². The van der Waals surface area contributed by atoms with E-state index in [0.29, 0.717) is 28.2 Å². The van der Waals surface area contributed by atoms with Gasteiger partial charge in [0.1, 0.15) is 12.4 Å². The molecule has 4 aromatic rings. The number of nitrogens with zero attached hydrogens (tertiary/aromatic N) is 5. The molecule has 0 aliphatic heterocycles. The van der Waals surface area contributed by atoms with Crippen LogP contribution in [0.5, 0.6) is 5.75 Å². The third kappa shape index (κ3) is 3.91. The molecule has 0 N–H and O–H groups in total. The van der Waals surface area contributed by atoms with Crippen molar-refractivity contribution in [2.45, 2.75) is 24.4 Å². The Balaban J connectivity index is 1.42. The maximum Gasteiger partial charge on any atom is 0.258 e. The predicted octanol–water partition coefficient (Wildman–Crippen LogP) is 3.72. The summed E-state index contributed by atoms with van der Waals surface area (Å²) in [6, 6.07) is 7.08. The van der Waals surface area contributed by atoms with Crippen molar-refractivity contribution in [2.75, 3.05) is 0 Å². The molecule has 0 bridgehead atoms. The van der Waals surface area contributed by atoms with Crippen LogP contribution in [0.15, 0.2) is 45.8 Å². The van der Waals surface area contributed by atoms with E-state index < -0.39 is 0 Å². The highest BCUT2D eigenvalue weighted by atomic mass is 35.5. The van der Waals surface area contributed by atoms with Gasteiger partial charge in [-0.15, -0.1) is 21.5 Å². The predicted molar refractivity (Wildman–Crippen MR) is 110 cm³/mol. The third-order valence-electron chi connectivity index (χ3n) is 4.13. The summed E-state index contributed by atoms with van der Waals surface area (Å²) in [5.41, 5.74) is 1.60. The van der Waals surface area contributed by atoms with Crippen LogP contribution in [-0.2, 0) is 19.4 Å². The first-order valence-electron chi connectivity index (χ1n) is 8.37. The number of ether oxygens (including phenoxy) is 1. The standard InChI is InChI=1S/C18H16ClN5O2S2/c1-11-7-13(3-4-14(11)19)26-9-15-21-22-18(23(15)2)28-10-12-8-16(25)24-5-6-27-17(24)20-12/h3-8H,9-10H2,1-2H3. The summed E-state index contributed by atoms with van der Waals surface area (Å²) in [4.78, 5) is 17.3. The number of benzene rings is 1.